The normalized spacial score (nSPS) is 12.9. The van der Waals surface area contributed by atoms with Crippen LogP contribution in [0.2, 0.25) is 0 Å². The van der Waals surface area contributed by atoms with Crippen LogP contribution in [0.1, 0.15) is 44.7 Å². The van der Waals surface area contributed by atoms with E-state index < -0.39 is 5.91 Å². The highest BCUT2D eigenvalue weighted by atomic mass is 19.1. The number of primary amides is 1. The molecule has 3 aromatic carbocycles. The molecule has 0 aromatic heterocycles. The molecule has 0 spiro atoms. The van der Waals surface area contributed by atoms with Crippen molar-refractivity contribution in [2.75, 3.05) is 0 Å². The Balaban J connectivity index is 1.45. The molecule has 1 aliphatic carbocycles. The van der Waals surface area contributed by atoms with Gasteiger partial charge in [-0.25, -0.2) is 4.39 Å². The number of hydrogen-bond donors (Lipinski definition) is 1. The van der Waals surface area contributed by atoms with E-state index in [2.05, 4.69) is 0 Å². The molecule has 1 aliphatic rings. The molecule has 158 valence electrons. The summed E-state index contributed by atoms with van der Waals surface area (Å²) in [5.74, 6) is -0.245. The van der Waals surface area contributed by atoms with Gasteiger partial charge in [0.15, 0.2) is 0 Å². The minimum absolute atomic E-state index is 0.0614. The van der Waals surface area contributed by atoms with E-state index in [0.717, 1.165) is 24.0 Å². The number of amides is 2. The molecule has 5 nitrogen and oxygen atoms in total. The molecule has 1 fully saturated rings. The molecule has 31 heavy (non-hydrogen) atoms. The third-order valence-corrected chi connectivity index (χ3v) is 5.24. The van der Waals surface area contributed by atoms with Gasteiger partial charge in [-0.2, -0.15) is 0 Å². The fourth-order valence-electron chi connectivity index (χ4n) is 3.36. The zero-order valence-corrected chi connectivity index (χ0v) is 17.0. The molecule has 0 aliphatic heterocycles. The molecular formula is C25H23FN2O3. The fourth-order valence-corrected chi connectivity index (χ4v) is 3.36. The second-order valence-corrected chi connectivity index (χ2v) is 7.67. The number of halogens is 1. The monoisotopic (exact) mass is 418 g/mol. The zero-order chi connectivity index (χ0) is 21.8. The molecule has 0 unspecified atom stereocenters. The Morgan fingerprint density at radius 1 is 0.935 bits per heavy atom. The summed E-state index contributed by atoms with van der Waals surface area (Å²) >= 11 is 0. The minimum atomic E-state index is -0.473. The van der Waals surface area contributed by atoms with Crippen LogP contribution in [0.3, 0.4) is 0 Å². The maximum absolute atomic E-state index is 13.2. The molecule has 1 saturated carbocycles. The lowest BCUT2D eigenvalue weighted by molar-refractivity contribution is 0.0729. The van der Waals surface area contributed by atoms with E-state index in [0.29, 0.717) is 23.4 Å². The van der Waals surface area contributed by atoms with Crippen molar-refractivity contribution in [2.45, 2.75) is 32.0 Å². The Kier molecular flexibility index (Phi) is 5.98. The largest absolute Gasteiger partial charge is 0.489 e. The summed E-state index contributed by atoms with van der Waals surface area (Å²) in [7, 11) is 0. The number of carbonyl (C=O) groups is 2. The molecule has 6 heteroatoms. The Morgan fingerprint density at radius 2 is 1.61 bits per heavy atom. The Hall–Kier alpha value is -3.67. The van der Waals surface area contributed by atoms with Crippen LogP contribution >= 0.6 is 0 Å². The molecule has 0 radical (unpaired) electrons. The zero-order valence-electron chi connectivity index (χ0n) is 17.0. The average Bonchev–Trinajstić information content (AvgIpc) is 3.62. The lowest BCUT2D eigenvalue weighted by Crippen LogP contribution is -2.32. The van der Waals surface area contributed by atoms with Crippen LogP contribution in [0.5, 0.6) is 5.75 Å². The summed E-state index contributed by atoms with van der Waals surface area (Å²) in [6, 6.07) is 20.4. The lowest BCUT2D eigenvalue weighted by atomic mass is 10.1. The van der Waals surface area contributed by atoms with Crippen LogP contribution in [-0.2, 0) is 13.2 Å². The second kappa shape index (κ2) is 9.00. The van der Waals surface area contributed by atoms with Gasteiger partial charge >= 0.3 is 0 Å². The van der Waals surface area contributed by atoms with Crippen LogP contribution in [0.4, 0.5) is 4.39 Å². The van der Waals surface area contributed by atoms with Crippen molar-refractivity contribution in [1.29, 1.82) is 0 Å². The highest BCUT2D eigenvalue weighted by molar-refractivity contribution is 5.95. The summed E-state index contributed by atoms with van der Waals surface area (Å²) in [5, 5.41) is 0. The van der Waals surface area contributed by atoms with Gasteiger partial charge < -0.3 is 15.4 Å². The maximum Gasteiger partial charge on any atom is 0.254 e. The molecular weight excluding hydrogens is 395 g/mol. The predicted octanol–water partition coefficient (Wildman–Crippen LogP) is 4.31. The lowest BCUT2D eigenvalue weighted by Gasteiger charge is -2.23. The highest BCUT2D eigenvalue weighted by Crippen LogP contribution is 2.30. The van der Waals surface area contributed by atoms with Gasteiger partial charge in [0.1, 0.15) is 18.2 Å². The van der Waals surface area contributed by atoms with Crippen LogP contribution in [0, 0.1) is 5.82 Å². The smallest absolute Gasteiger partial charge is 0.254 e. The molecule has 3 aromatic rings. The van der Waals surface area contributed by atoms with Crippen molar-refractivity contribution < 1.29 is 18.7 Å². The summed E-state index contributed by atoms with van der Waals surface area (Å²) in [5.41, 5.74) is 8.08. The standard InChI is InChI=1S/C25H23FN2O3/c26-21-10-6-18(7-11-21)16-31-23-3-1-2-20(14-23)25(30)28(22-12-13-22)15-17-4-8-19(9-5-17)24(27)29/h1-11,14,22H,12-13,15-16H2,(H2,27,29). The number of rotatable bonds is 8. The van der Waals surface area contributed by atoms with Gasteiger partial charge in [-0.1, -0.05) is 30.3 Å². The first kappa shape index (κ1) is 20.6. The first-order chi connectivity index (χ1) is 15.0. The summed E-state index contributed by atoms with van der Waals surface area (Å²) in [6.45, 7) is 0.750. The molecule has 2 amide bonds. The van der Waals surface area contributed by atoms with Gasteiger partial charge in [0, 0.05) is 23.7 Å². The van der Waals surface area contributed by atoms with Gasteiger partial charge in [0.2, 0.25) is 5.91 Å². The van der Waals surface area contributed by atoms with Crippen LogP contribution in [0.15, 0.2) is 72.8 Å². The SMILES string of the molecule is NC(=O)c1ccc(CN(C(=O)c2cccc(OCc3ccc(F)cc3)c2)C2CC2)cc1. The minimum Gasteiger partial charge on any atom is -0.489 e. The van der Waals surface area contributed by atoms with Crippen molar-refractivity contribution in [2.24, 2.45) is 5.73 Å². The summed E-state index contributed by atoms with van der Waals surface area (Å²) in [4.78, 5) is 26.3. The quantitative estimate of drug-likeness (QED) is 0.593. The number of hydrogen-bond acceptors (Lipinski definition) is 3. The van der Waals surface area contributed by atoms with E-state index in [-0.39, 0.29) is 24.4 Å². The van der Waals surface area contributed by atoms with Crippen molar-refractivity contribution in [3.63, 3.8) is 0 Å². The molecule has 2 N–H and O–H groups in total. The van der Waals surface area contributed by atoms with Crippen LogP contribution in [-0.4, -0.2) is 22.8 Å². The highest BCUT2D eigenvalue weighted by Gasteiger charge is 2.33. The fraction of sp³-hybridized carbons (Fsp3) is 0.200. The summed E-state index contributed by atoms with van der Waals surface area (Å²) in [6.07, 6.45) is 1.96. The molecule has 0 heterocycles. The first-order valence-corrected chi connectivity index (χ1v) is 10.2. The average molecular weight is 418 g/mol. The van der Waals surface area contributed by atoms with E-state index >= 15 is 0 Å². The molecule has 0 saturated heterocycles. The molecule has 4 rings (SSSR count). The van der Waals surface area contributed by atoms with Crippen molar-refractivity contribution >= 4 is 11.8 Å². The van der Waals surface area contributed by atoms with Crippen LogP contribution in [0.25, 0.3) is 0 Å². The van der Waals surface area contributed by atoms with Crippen LogP contribution < -0.4 is 10.5 Å². The number of benzene rings is 3. The van der Waals surface area contributed by atoms with E-state index in [1.807, 2.05) is 17.0 Å². The van der Waals surface area contributed by atoms with Gasteiger partial charge in [0.25, 0.3) is 5.91 Å². The number of nitrogens with two attached hydrogens (primary N) is 1. The van der Waals surface area contributed by atoms with E-state index in [9.17, 15) is 14.0 Å². The van der Waals surface area contributed by atoms with Gasteiger partial charge in [-0.3, -0.25) is 9.59 Å². The third-order valence-electron chi connectivity index (χ3n) is 5.24. The molecule has 0 atom stereocenters. The topological polar surface area (TPSA) is 72.6 Å². The molecule has 0 bridgehead atoms. The van der Waals surface area contributed by atoms with Crippen molar-refractivity contribution in [3.05, 3.63) is 101 Å². The van der Waals surface area contributed by atoms with Crippen molar-refractivity contribution in [3.8, 4) is 5.75 Å². The second-order valence-electron chi connectivity index (χ2n) is 7.67. The Morgan fingerprint density at radius 3 is 2.26 bits per heavy atom. The Labute approximate surface area is 180 Å². The van der Waals surface area contributed by atoms with Crippen molar-refractivity contribution in [1.82, 2.24) is 4.90 Å². The number of ether oxygens (including phenoxy) is 1. The summed E-state index contributed by atoms with van der Waals surface area (Å²) < 4.78 is 18.8. The van der Waals surface area contributed by atoms with Gasteiger partial charge in [0.05, 0.1) is 0 Å². The number of carbonyl (C=O) groups excluding carboxylic acids is 2. The third kappa shape index (κ3) is 5.28. The predicted molar refractivity (Wildman–Crippen MR) is 115 cm³/mol. The number of nitrogens with zero attached hydrogens (tertiary/aromatic N) is 1. The van der Waals surface area contributed by atoms with E-state index in [1.54, 1.807) is 48.5 Å². The first-order valence-electron chi connectivity index (χ1n) is 10.2. The maximum atomic E-state index is 13.2. The Bertz CT molecular complexity index is 1080. The van der Waals surface area contributed by atoms with E-state index in [4.69, 9.17) is 10.5 Å². The van der Waals surface area contributed by atoms with Gasteiger partial charge in [-0.05, 0) is 66.4 Å². The van der Waals surface area contributed by atoms with E-state index in [1.165, 1.54) is 12.1 Å². The van der Waals surface area contributed by atoms with Gasteiger partial charge in [-0.15, -0.1) is 0 Å².